The van der Waals surface area contributed by atoms with Gasteiger partial charge < -0.3 is 9.84 Å². The molecule has 28 heavy (non-hydrogen) atoms. The molecule has 1 aliphatic rings. The lowest BCUT2D eigenvalue weighted by Gasteiger charge is -2.27. The zero-order valence-electron chi connectivity index (χ0n) is 14.9. The molecule has 0 amide bonds. The van der Waals surface area contributed by atoms with Crippen LogP contribution in [0.15, 0.2) is 47.4 Å². The lowest BCUT2D eigenvalue weighted by molar-refractivity contribution is -0.0156. The van der Waals surface area contributed by atoms with E-state index in [0.717, 1.165) is 16.4 Å². The zero-order valence-corrected chi connectivity index (χ0v) is 15.8. The van der Waals surface area contributed by atoms with Gasteiger partial charge >= 0.3 is 0 Å². The van der Waals surface area contributed by atoms with Gasteiger partial charge in [0.05, 0.1) is 5.60 Å². The molecule has 5 nitrogen and oxygen atoms in total. The van der Waals surface area contributed by atoms with E-state index in [2.05, 4.69) is 0 Å². The Labute approximate surface area is 161 Å². The van der Waals surface area contributed by atoms with Gasteiger partial charge in [-0.05, 0) is 55.7 Å². The summed E-state index contributed by atoms with van der Waals surface area (Å²) in [7, 11) is -4.16. The fourth-order valence-corrected chi connectivity index (χ4v) is 4.64. The first-order valence-corrected chi connectivity index (χ1v) is 10.2. The molecule has 1 saturated heterocycles. The number of ether oxygens (including phenoxy) is 1. The average Bonchev–Trinajstić information content (AvgIpc) is 2.84. The van der Waals surface area contributed by atoms with Crippen molar-refractivity contribution in [1.29, 1.82) is 0 Å². The fraction of sp³-hybridized carbons (Fsp3) is 0.368. The molecule has 1 N–H and O–H groups in total. The highest BCUT2D eigenvalue weighted by Gasteiger charge is 2.36. The van der Waals surface area contributed by atoms with Gasteiger partial charge in [-0.1, -0.05) is 0 Å². The number of hydrogen-bond donors (Lipinski definition) is 1. The highest BCUT2D eigenvalue weighted by Crippen LogP contribution is 2.28. The summed E-state index contributed by atoms with van der Waals surface area (Å²) in [5, 5.41) is 10.8. The molecular weight excluding hydrogens is 395 g/mol. The maximum absolute atomic E-state index is 13.9. The minimum Gasteiger partial charge on any atom is -0.491 e. The Kier molecular flexibility index (Phi) is 5.97. The third kappa shape index (κ3) is 4.65. The quantitative estimate of drug-likeness (QED) is 0.815. The molecule has 3 rings (SSSR count). The van der Waals surface area contributed by atoms with Crippen molar-refractivity contribution < 1.29 is 31.4 Å². The minimum absolute atomic E-state index is 0.0393. The van der Waals surface area contributed by atoms with Crippen LogP contribution in [0.3, 0.4) is 0 Å². The number of hydrogen-bond acceptors (Lipinski definition) is 4. The largest absolute Gasteiger partial charge is 0.491 e. The van der Waals surface area contributed by atoms with Crippen LogP contribution in [0, 0.1) is 17.5 Å². The van der Waals surface area contributed by atoms with Gasteiger partial charge in [0.2, 0.25) is 10.0 Å². The van der Waals surface area contributed by atoms with E-state index >= 15 is 0 Å². The Balaban J connectivity index is 1.68. The Bertz CT molecular complexity index is 937. The van der Waals surface area contributed by atoms with Crippen LogP contribution in [0.5, 0.6) is 5.75 Å². The zero-order chi connectivity index (χ0) is 20.4. The second kappa shape index (κ2) is 8.10. The van der Waals surface area contributed by atoms with E-state index < -0.39 is 38.0 Å². The molecule has 152 valence electrons. The van der Waals surface area contributed by atoms with Gasteiger partial charge in [0.15, 0.2) is 0 Å². The van der Waals surface area contributed by atoms with E-state index in [0.29, 0.717) is 18.2 Å². The Morgan fingerprint density at radius 1 is 1.00 bits per heavy atom. The van der Waals surface area contributed by atoms with Crippen molar-refractivity contribution in [3.63, 3.8) is 0 Å². The van der Waals surface area contributed by atoms with Crippen LogP contribution in [0.1, 0.15) is 19.3 Å². The SMILES string of the molecule is O=S(=O)(c1ccc(F)cc1F)N1CCCC(O)(COc2ccc(F)cc2)CC1. The predicted octanol–water partition coefficient (Wildman–Crippen LogP) is 3.09. The number of sulfonamides is 1. The van der Waals surface area contributed by atoms with Crippen molar-refractivity contribution in [2.75, 3.05) is 19.7 Å². The number of nitrogens with zero attached hydrogens (tertiary/aromatic N) is 1. The topological polar surface area (TPSA) is 66.8 Å². The van der Waals surface area contributed by atoms with E-state index in [9.17, 15) is 26.7 Å². The van der Waals surface area contributed by atoms with Gasteiger partial charge in [0.1, 0.15) is 34.7 Å². The molecule has 1 heterocycles. The van der Waals surface area contributed by atoms with E-state index in [-0.39, 0.29) is 32.5 Å². The van der Waals surface area contributed by atoms with Crippen LogP contribution in [0.2, 0.25) is 0 Å². The summed E-state index contributed by atoms with van der Waals surface area (Å²) < 4.78 is 72.0. The maximum atomic E-state index is 13.9. The van der Waals surface area contributed by atoms with Crippen LogP contribution >= 0.6 is 0 Å². The third-order valence-corrected chi connectivity index (χ3v) is 6.64. The normalized spacial score (nSPS) is 21.3. The standard InChI is InChI=1S/C19H20F3NO4S/c20-14-2-5-16(6-3-14)27-13-19(24)8-1-10-23(11-9-19)28(25,26)18-7-4-15(21)12-17(18)22/h2-7,12,24H,1,8-11,13H2. The summed E-state index contributed by atoms with van der Waals surface area (Å²) in [5.74, 6) is -2.04. The van der Waals surface area contributed by atoms with Gasteiger partial charge in [-0.15, -0.1) is 0 Å². The Hall–Kier alpha value is -2.10. The fourth-order valence-electron chi connectivity index (χ4n) is 3.11. The van der Waals surface area contributed by atoms with Gasteiger partial charge in [-0.3, -0.25) is 0 Å². The molecule has 2 aromatic carbocycles. The Morgan fingerprint density at radius 2 is 1.68 bits per heavy atom. The van der Waals surface area contributed by atoms with Crippen molar-refractivity contribution in [3.05, 3.63) is 59.9 Å². The summed E-state index contributed by atoms with van der Waals surface area (Å²) in [5.41, 5.74) is -1.28. The smallest absolute Gasteiger partial charge is 0.245 e. The van der Waals surface area contributed by atoms with Crippen molar-refractivity contribution in [2.45, 2.75) is 29.8 Å². The molecule has 9 heteroatoms. The summed E-state index contributed by atoms with van der Waals surface area (Å²) >= 11 is 0. The third-order valence-electron chi connectivity index (χ3n) is 4.71. The Morgan fingerprint density at radius 3 is 2.36 bits per heavy atom. The molecule has 1 fully saturated rings. The molecule has 1 unspecified atom stereocenters. The lowest BCUT2D eigenvalue weighted by atomic mass is 9.96. The molecule has 2 aromatic rings. The molecule has 0 spiro atoms. The molecule has 0 saturated carbocycles. The lowest BCUT2D eigenvalue weighted by Crippen LogP contribution is -2.38. The first-order chi connectivity index (χ1) is 13.2. The van der Waals surface area contributed by atoms with Crippen LogP contribution < -0.4 is 4.74 Å². The highest BCUT2D eigenvalue weighted by molar-refractivity contribution is 7.89. The van der Waals surface area contributed by atoms with Gasteiger partial charge in [0.25, 0.3) is 0 Å². The first kappa shape index (κ1) is 20.6. The maximum Gasteiger partial charge on any atom is 0.245 e. The van der Waals surface area contributed by atoms with Crippen molar-refractivity contribution in [3.8, 4) is 5.75 Å². The molecule has 1 aliphatic heterocycles. The van der Waals surface area contributed by atoms with E-state index in [1.807, 2.05) is 0 Å². The van der Waals surface area contributed by atoms with Crippen molar-refractivity contribution in [1.82, 2.24) is 4.31 Å². The number of aliphatic hydroxyl groups is 1. The molecule has 0 radical (unpaired) electrons. The number of rotatable bonds is 5. The van der Waals surface area contributed by atoms with E-state index in [1.165, 1.54) is 24.3 Å². The molecule has 0 aromatic heterocycles. The van der Waals surface area contributed by atoms with Gasteiger partial charge in [0, 0.05) is 19.2 Å². The molecule has 0 bridgehead atoms. The monoisotopic (exact) mass is 415 g/mol. The van der Waals surface area contributed by atoms with Crippen LogP contribution in [0.25, 0.3) is 0 Å². The van der Waals surface area contributed by atoms with Crippen molar-refractivity contribution in [2.24, 2.45) is 0 Å². The van der Waals surface area contributed by atoms with E-state index in [1.54, 1.807) is 0 Å². The van der Waals surface area contributed by atoms with Gasteiger partial charge in [-0.2, -0.15) is 4.31 Å². The van der Waals surface area contributed by atoms with E-state index in [4.69, 9.17) is 4.74 Å². The number of benzene rings is 2. The van der Waals surface area contributed by atoms with Crippen LogP contribution in [0.4, 0.5) is 13.2 Å². The summed E-state index contributed by atoms with van der Waals surface area (Å²) in [6.45, 7) is -0.0299. The van der Waals surface area contributed by atoms with Crippen LogP contribution in [-0.2, 0) is 10.0 Å². The average molecular weight is 415 g/mol. The first-order valence-electron chi connectivity index (χ1n) is 8.76. The van der Waals surface area contributed by atoms with Crippen molar-refractivity contribution >= 4 is 10.0 Å². The summed E-state index contributed by atoms with van der Waals surface area (Å²) in [6.07, 6.45) is 0.702. The molecule has 0 aliphatic carbocycles. The minimum atomic E-state index is -4.16. The second-order valence-electron chi connectivity index (χ2n) is 6.80. The summed E-state index contributed by atoms with van der Waals surface area (Å²) in [6, 6.07) is 7.65. The predicted molar refractivity (Wildman–Crippen MR) is 95.8 cm³/mol. The van der Waals surface area contributed by atoms with Gasteiger partial charge in [-0.25, -0.2) is 21.6 Å². The second-order valence-corrected chi connectivity index (χ2v) is 8.71. The van der Waals surface area contributed by atoms with Crippen LogP contribution in [-0.4, -0.2) is 43.1 Å². The highest BCUT2D eigenvalue weighted by atomic mass is 32.2. The summed E-state index contributed by atoms with van der Waals surface area (Å²) in [4.78, 5) is -0.595. The molecule has 1 atom stereocenters. The number of halogens is 3. The molecular formula is C19H20F3NO4S.